The molecule has 3 heteroatoms. The Morgan fingerprint density at radius 2 is 2.30 bits per heavy atom. The highest BCUT2D eigenvalue weighted by atomic mass is 16.4. The smallest absolute Gasteiger partial charge is 0.308 e. The summed E-state index contributed by atoms with van der Waals surface area (Å²) in [7, 11) is 0. The number of carboxylic acids is 1. The number of aliphatic carboxylic acids is 1. The van der Waals surface area contributed by atoms with Crippen LogP contribution in [0.4, 0.5) is 0 Å². The first-order valence-electron chi connectivity index (χ1n) is 3.62. The lowest BCUT2D eigenvalue weighted by Crippen LogP contribution is -2.37. The molecule has 1 aliphatic rings. The van der Waals surface area contributed by atoms with E-state index in [1.807, 2.05) is 6.92 Å². The zero-order chi connectivity index (χ0) is 7.78. The fourth-order valence-electron chi connectivity index (χ4n) is 1.32. The summed E-state index contributed by atoms with van der Waals surface area (Å²) >= 11 is 0. The first-order chi connectivity index (χ1) is 4.60. The van der Waals surface area contributed by atoms with E-state index < -0.39 is 5.97 Å². The zero-order valence-electron chi connectivity index (χ0n) is 6.13. The standard InChI is InChI=1S/C7H13NO2/c1-2-5(6(9)10)7(8)3-4-7/h5H,2-4,8H2,1H3,(H,9,10). The van der Waals surface area contributed by atoms with E-state index in [9.17, 15) is 4.79 Å². The molecule has 1 unspecified atom stereocenters. The molecule has 0 aromatic heterocycles. The minimum atomic E-state index is -0.748. The van der Waals surface area contributed by atoms with Gasteiger partial charge in [0.05, 0.1) is 5.92 Å². The summed E-state index contributed by atoms with van der Waals surface area (Å²) < 4.78 is 0. The van der Waals surface area contributed by atoms with Gasteiger partial charge in [-0.15, -0.1) is 0 Å². The average Bonchev–Trinajstić information content (AvgIpc) is 2.49. The summed E-state index contributed by atoms with van der Waals surface area (Å²) in [5, 5.41) is 8.67. The second-order valence-electron chi connectivity index (χ2n) is 3.03. The van der Waals surface area contributed by atoms with Crippen LogP contribution in [0.25, 0.3) is 0 Å². The Morgan fingerprint density at radius 1 is 1.80 bits per heavy atom. The molecule has 0 aromatic rings. The van der Waals surface area contributed by atoms with Gasteiger partial charge in [-0.2, -0.15) is 0 Å². The molecular weight excluding hydrogens is 130 g/mol. The fourth-order valence-corrected chi connectivity index (χ4v) is 1.32. The number of nitrogens with two attached hydrogens (primary N) is 1. The minimum absolute atomic E-state index is 0.326. The van der Waals surface area contributed by atoms with Gasteiger partial charge in [0.1, 0.15) is 0 Å². The van der Waals surface area contributed by atoms with Crippen molar-refractivity contribution in [3.8, 4) is 0 Å². The Kier molecular flexibility index (Phi) is 1.68. The van der Waals surface area contributed by atoms with Crippen molar-refractivity contribution < 1.29 is 9.90 Å². The molecule has 0 radical (unpaired) electrons. The summed E-state index contributed by atoms with van der Waals surface area (Å²) in [5.74, 6) is -1.07. The van der Waals surface area contributed by atoms with E-state index in [-0.39, 0.29) is 11.5 Å². The highest BCUT2D eigenvalue weighted by Gasteiger charge is 2.48. The molecule has 3 N–H and O–H groups in total. The molecule has 1 rings (SSSR count). The van der Waals surface area contributed by atoms with Crippen molar-refractivity contribution in [3.05, 3.63) is 0 Å². The predicted molar refractivity (Wildman–Crippen MR) is 37.6 cm³/mol. The SMILES string of the molecule is CCC(C(=O)O)C1(N)CC1. The molecule has 58 valence electrons. The highest BCUT2D eigenvalue weighted by Crippen LogP contribution is 2.41. The lowest BCUT2D eigenvalue weighted by Gasteiger charge is -2.16. The predicted octanol–water partition coefficient (Wildman–Crippen LogP) is 0.588. The van der Waals surface area contributed by atoms with E-state index >= 15 is 0 Å². The molecule has 3 nitrogen and oxygen atoms in total. The van der Waals surface area contributed by atoms with E-state index in [0.29, 0.717) is 6.42 Å². The van der Waals surface area contributed by atoms with Crippen molar-refractivity contribution in [3.63, 3.8) is 0 Å². The third kappa shape index (κ3) is 1.14. The van der Waals surface area contributed by atoms with E-state index in [0.717, 1.165) is 12.8 Å². The second kappa shape index (κ2) is 2.23. The average molecular weight is 143 g/mol. The van der Waals surface area contributed by atoms with Crippen LogP contribution in [-0.2, 0) is 4.79 Å². The maximum atomic E-state index is 10.5. The Labute approximate surface area is 60.2 Å². The van der Waals surface area contributed by atoms with Crippen molar-refractivity contribution in [2.24, 2.45) is 11.7 Å². The number of hydrogen-bond donors (Lipinski definition) is 2. The second-order valence-corrected chi connectivity index (χ2v) is 3.03. The molecule has 0 saturated heterocycles. The molecule has 0 spiro atoms. The van der Waals surface area contributed by atoms with Crippen molar-refractivity contribution in [2.45, 2.75) is 31.7 Å². The van der Waals surface area contributed by atoms with Crippen molar-refractivity contribution in [2.75, 3.05) is 0 Å². The van der Waals surface area contributed by atoms with Gasteiger partial charge >= 0.3 is 5.97 Å². The monoisotopic (exact) mass is 143 g/mol. The van der Waals surface area contributed by atoms with Crippen LogP contribution < -0.4 is 5.73 Å². The van der Waals surface area contributed by atoms with Gasteiger partial charge in [0, 0.05) is 5.54 Å². The molecule has 0 heterocycles. The van der Waals surface area contributed by atoms with Crippen LogP contribution in [0, 0.1) is 5.92 Å². The van der Waals surface area contributed by atoms with Crippen molar-refractivity contribution >= 4 is 5.97 Å². The Balaban J connectivity index is 2.57. The van der Waals surface area contributed by atoms with Crippen LogP contribution in [0.2, 0.25) is 0 Å². The van der Waals surface area contributed by atoms with Crippen LogP contribution in [0.5, 0.6) is 0 Å². The molecule has 1 atom stereocenters. The summed E-state index contributed by atoms with van der Waals surface area (Å²) in [6.07, 6.45) is 2.39. The molecule has 0 amide bonds. The number of rotatable bonds is 3. The van der Waals surface area contributed by atoms with Crippen LogP contribution in [0.15, 0.2) is 0 Å². The first kappa shape index (κ1) is 7.54. The molecule has 0 aromatic carbocycles. The Bertz CT molecular complexity index is 152. The van der Waals surface area contributed by atoms with Gasteiger partial charge in [0.25, 0.3) is 0 Å². The fraction of sp³-hybridized carbons (Fsp3) is 0.857. The summed E-state index contributed by atoms with van der Waals surface area (Å²) in [6.45, 7) is 1.87. The van der Waals surface area contributed by atoms with Crippen LogP contribution in [-0.4, -0.2) is 16.6 Å². The zero-order valence-corrected chi connectivity index (χ0v) is 6.13. The molecule has 1 aliphatic carbocycles. The molecule has 0 bridgehead atoms. The van der Waals surface area contributed by atoms with Crippen LogP contribution in [0.3, 0.4) is 0 Å². The Hall–Kier alpha value is -0.570. The third-order valence-corrected chi connectivity index (χ3v) is 2.23. The quantitative estimate of drug-likeness (QED) is 0.607. The van der Waals surface area contributed by atoms with Gasteiger partial charge in [-0.1, -0.05) is 6.92 Å². The Morgan fingerprint density at radius 3 is 2.40 bits per heavy atom. The normalized spacial score (nSPS) is 23.8. The van der Waals surface area contributed by atoms with Crippen molar-refractivity contribution in [1.82, 2.24) is 0 Å². The molecular formula is C7H13NO2. The first-order valence-corrected chi connectivity index (χ1v) is 3.62. The van der Waals surface area contributed by atoms with Gasteiger partial charge in [0.2, 0.25) is 0 Å². The van der Waals surface area contributed by atoms with Crippen LogP contribution in [0.1, 0.15) is 26.2 Å². The van der Waals surface area contributed by atoms with Crippen LogP contribution >= 0.6 is 0 Å². The maximum Gasteiger partial charge on any atom is 0.308 e. The van der Waals surface area contributed by atoms with Gasteiger partial charge in [-0.25, -0.2) is 0 Å². The maximum absolute atomic E-state index is 10.5. The van der Waals surface area contributed by atoms with E-state index in [4.69, 9.17) is 10.8 Å². The minimum Gasteiger partial charge on any atom is -0.481 e. The lowest BCUT2D eigenvalue weighted by molar-refractivity contribution is -0.142. The van der Waals surface area contributed by atoms with E-state index in [2.05, 4.69) is 0 Å². The topological polar surface area (TPSA) is 63.3 Å². The van der Waals surface area contributed by atoms with Gasteiger partial charge in [-0.05, 0) is 19.3 Å². The largest absolute Gasteiger partial charge is 0.481 e. The van der Waals surface area contributed by atoms with Crippen molar-refractivity contribution in [1.29, 1.82) is 0 Å². The molecule has 1 saturated carbocycles. The summed E-state index contributed by atoms with van der Waals surface area (Å²) in [4.78, 5) is 10.5. The van der Waals surface area contributed by atoms with Gasteiger partial charge in [0.15, 0.2) is 0 Å². The van der Waals surface area contributed by atoms with Gasteiger partial charge < -0.3 is 10.8 Å². The third-order valence-electron chi connectivity index (χ3n) is 2.23. The lowest BCUT2D eigenvalue weighted by atomic mass is 9.96. The number of hydrogen-bond acceptors (Lipinski definition) is 2. The molecule has 10 heavy (non-hydrogen) atoms. The molecule has 0 aliphatic heterocycles. The highest BCUT2D eigenvalue weighted by molar-refractivity contribution is 5.72. The summed E-state index contributed by atoms with van der Waals surface area (Å²) in [5.41, 5.74) is 5.36. The molecule has 1 fully saturated rings. The summed E-state index contributed by atoms with van der Waals surface area (Å²) in [6, 6.07) is 0. The number of carbonyl (C=O) groups is 1. The number of carboxylic acid groups (broad SMARTS) is 1. The van der Waals surface area contributed by atoms with E-state index in [1.165, 1.54) is 0 Å². The van der Waals surface area contributed by atoms with Gasteiger partial charge in [-0.3, -0.25) is 4.79 Å². The van der Waals surface area contributed by atoms with E-state index in [1.54, 1.807) is 0 Å².